The van der Waals surface area contributed by atoms with E-state index in [1.165, 1.54) is 6.07 Å². The summed E-state index contributed by atoms with van der Waals surface area (Å²) in [4.78, 5) is 11.5. The van der Waals surface area contributed by atoms with Gasteiger partial charge in [0.05, 0.1) is 0 Å². The molecule has 3 nitrogen and oxygen atoms in total. The minimum atomic E-state index is -0.662. The molecule has 2 aromatic carbocycles. The third-order valence-electron chi connectivity index (χ3n) is 2.32. The van der Waals surface area contributed by atoms with E-state index >= 15 is 0 Å². The van der Waals surface area contributed by atoms with Gasteiger partial charge < -0.3 is 4.74 Å². The second-order valence-electron chi connectivity index (χ2n) is 3.84. The van der Waals surface area contributed by atoms with E-state index in [-0.39, 0.29) is 17.3 Å². The Kier molecular flexibility index (Phi) is 4.36. The second-order valence-corrected chi connectivity index (χ2v) is 4.28. The highest BCUT2D eigenvalue weighted by Crippen LogP contribution is 2.18. The van der Waals surface area contributed by atoms with Crippen molar-refractivity contribution in [2.24, 2.45) is 0 Å². The SMILES string of the molecule is O=C(Nc1cc(F)cc(Cl)c1)OCc1ccccc1. The lowest BCUT2D eigenvalue weighted by molar-refractivity contribution is 0.155. The number of hydrogen-bond donors (Lipinski definition) is 1. The van der Waals surface area contributed by atoms with Gasteiger partial charge in [-0.25, -0.2) is 9.18 Å². The average Bonchev–Trinajstić information content (AvgIpc) is 2.36. The minimum absolute atomic E-state index is 0.149. The Balaban J connectivity index is 1.91. The maximum atomic E-state index is 13.1. The van der Waals surface area contributed by atoms with Crippen LogP contribution in [0.25, 0.3) is 0 Å². The van der Waals surface area contributed by atoms with Crippen LogP contribution >= 0.6 is 11.6 Å². The van der Waals surface area contributed by atoms with Crippen LogP contribution in [-0.4, -0.2) is 6.09 Å². The van der Waals surface area contributed by atoms with Crippen molar-refractivity contribution >= 4 is 23.4 Å². The predicted octanol–water partition coefficient (Wildman–Crippen LogP) is 4.23. The first kappa shape index (κ1) is 13.4. The highest BCUT2D eigenvalue weighted by molar-refractivity contribution is 6.30. The fraction of sp³-hybridized carbons (Fsp3) is 0.0714. The van der Waals surface area contributed by atoms with Crippen molar-refractivity contribution in [3.8, 4) is 0 Å². The number of carbonyl (C=O) groups is 1. The van der Waals surface area contributed by atoms with E-state index in [0.29, 0.717) is 0 Å². The summed E-state index contributed by atoms with van der Waals surface area (Å²) in [6, 6.07) is 13.0. The Morgan fingerprint density at radius 3 is 2.63 bits per heavy atom. The van der Waals surface area contributed by atoms with Crippen LogP contribution in [0.2, 0.25) is 5.02 Å². The first-order chi connectivity index (χ1) is 9.13. The number of anilines is 1. The number of amides is 1. The van der Waals surface area contributed by atoms with E-state index in [2.05, 4.69) is 5.32 Å². The molecular formula is C14H11ClFNO2. The number of ether oxygens (including phenoxy) is 1. The van der Waals surface area contributed by atoms with Gasteiger partial charge in [-0.3, -0.25) is 5.32 Å². The molecule has 0 heterocycles. The third-order valence-corrected chi connectivity index (χ3v) is 2.54. The maximum Gasteiger partial charge on any atom is 0.411 e. The Morgan fingerprint density at radius 2 is 1.95 bits per heavy atom. The van der Waals surface area contributed by atoms with Crippen LogP contribution < -0.4 is 5.32 Å². The predicted molar refractivity (Wildman–Crippen MR) is 71.7 cm³/mol. The first-order valence-corrected chi connectivity index (χ1v) is 5.95. The van der Waals surface area contributed by atoms with Gasteiger partial charge in [0.15, 0.2) is 0 Å². The molecule has 2 rings (SSSR count). The normalized spacial score (nSPS) is 10.0. The molecule has 0 aliphatic heterocycles. The van der Waals surface area contributed by atoms with Gasteiger partial charge in [-0.1, -0.05) is 41.9 Å². The molecule has 5 heteroatoms. The Hall–Kier alpha value is -2.07. The van der Waals surface area contributed by atoms with Gasteiger partial charge in [0.1, 0.15) is 12.4 Å². The molecule has 98 valence electrons. The van der Waals surface area contributed by atoms with Gasteiger partial charge in [-0.2, -0.15) is 0 Å². The van der Waals surface area contributed by atoms with Crippen molar-refractivity contribution < 1.29 is 13.9 Å². The van der Waals surface area contributed by atoms with Crippen molar-refractivity contribution in [1.29, 1.82) is 0 Å². The average molecular weight is 280 g/mol. The zero-order valence-corrected chi connectivity index (χ0v) is 10.7. The number of halogens is 2. The Labute approximate surface area is 115 Å². The lowest BCUT2D eigenvalue weighted by Crippen LogP contribution is -2.13. The summed E-state index contributed by atoms with van der Waals surface area (Å²) in [5.41, 5.74) is 1.12. The molecule has 0 unspecified atom stereocenters. The minimum Gasteiger partial charge on any atom is -0.444 e. The molecule has 0 aliphatic carbocycles. The van der Waals surface area contributed by atoms with E-state index in [4.69, 9.17) is 16.3 Å². The molecular weight excluding hydrogens is 269 g/mol. The summed E-state index contributed by atoms with van der Waals surface area (Å²) >= 11 is 5.67. The summed E-state index contributed by atoms with van der Waals surface area (Å²) in [6.45, 7) is 0.149. The van der Waals surface area contributed by atoms with Crippen LogP contribution in [0.1, 0.15) is 5.56 Å². The first-order valence-electron chi connectivity index (χ1n) is 5.57. The summed E-state index contributed by atoms with van der Waals surface area (Å²) < 4.78 is 18.0. The van der Waals surface area contributed by atoms with Crippen LogP contribution in [-0.2, 0) is 11.3 Å². The molecule has 0 bridgehead atoms. The highest BCUT2D eigenvalue weighted by atomic mass is 35.5. The summed E-state index contributed by atoms with van der Waals surface area (Å²) in [6.07, 6.45) is -0.662. The molecule has 0 aromatic heterocycles. The molecule has 0 aliphatic rings. The quantitative estimate of drug-likeness (QED) is 0.913. The third kappa shape index (κ3) is 4.26. The van der Waals surface area contributed by atoms with E-state index in [9.17, 15) is 9.18 Å². The van der Waals surface area contributed by atoms with Crippen molar-refractivity contribution in [2.75, 3.05) is 5.32 Å². The lowest BCUT2D eigenvalue weighted by Gasteiger charge is -2.07. The van der Waals surface area contributed by atoms with E-state index < -0.39 is 11.9 Å². The van der Waals surface area contributed by atoms with Gasteiger partial charge in [0.2, 0.25) is 0 Å². The van der Waals surface area contributed by atoms with Gasteiger partial charge in [-0.05, 0) is 23.8 Å². The van der Waals surface area contributed by atoms with Crippen LogP contribution in [0.15, 0.2) is 48.5 Å². The number of nitrogens with one attached hydrogen (secondary N) is 1. The molecule has 0 spiro atoms. The van der Waals surface area contributed by atoms with Gasteiger partial charge >= 0.3 is 6.09 Å². The molecule has 0 atom stereocenters. The molecule has 19 heavy (non-hydrogen) atoms. The van der Waals surface area contributed by atoms with Crippen molar-refractivity contribution in [3.63, 3.8) is 0 Å². The topological polar surface area (TPSA) is 38.3 Å². The molecule has 1 N–H and O–H groups in total. The van der Waals surface area contributed by atoms with Crippen LogP contribution in [0, 0.1) is 5.82 Å². The molecule has 0 saturated carbocycles. The van der Waals surface area contributed by atoms with Gasteiger partial charge in [-0.15, -0.1) is 0 Å². The molecule has 0 radical (unpaired) electrons. The molecule has 0 saturated heterocycles. The highest BCUT2D eigenvalue weighted by Gasteiger charge is 2.05. The molecule has 2 aromatic rings. The monoisotopic (exact) mass is 279 g/mol. The lowest BCUT2D eigenvalue weighted by atomic mass is 10.2. The van der Waals surface area contributed by atoms with E-state index in [1.807, 2.05) is 30.3 Å². The number of carbonyl (C=O) groups excluding carboxylic acids is 1. The maximum absolute atomic E-state index is 13.1. The van der Waals surface area contributed by atoms with E-state index in [1.54, 1.807) is 0 Å². The van der Waals surface area contributed by atoms with Crippen LogP contribution in [0.4, 0.5) is 14.9 Å². The Morgan fingerprint density at radius 1 is 1.21 bits per heavy atom. The second kappa shape index (κ2) is 6.20. The van der Waals surface area contributed by atoms with E-state index in [0.717, 1.165) is 17.7 Å². The smallest absolute Gasteiger partial charge is 0.411 e. The van der Waals surface area contributed by atoms with Crippen molar-refractivity contribution in [2.45, 2.75) is 6.61 Å². The molecule has 1 amide bonds. The zero-order chi connectivity index (χ0) is 13.7. The van der Waals surface area contributed by atoms with Gasteiger partial charge in [0, 0.05) is 10.7 Å². The standard InChI is InChI=1S/C14H11ClFNO2/c15-11-6-12(16)8-13(7-11)17-14(18)19-9-10-4-2-1-3-5-10/h1-8H,9H2,(H,17,18). The van der Waals surface area contributed by atoms with Crippen LogP contribution in [0.3, 0.4) is 0 Å². The summed E-state index contributed by atoms with van der Waals surface area (Å²) in [5, 5.41) is 2.62. The largest absolute Gasteiger partial charge is 0.444 e. The number of hydrogen-bond acceptors (Lipinski definition) is 2. The van der Waals surface area contributed by atoms with Gasteiger partial charge in [0.25, 0.3) is 0 Å². The molecule has 0 fully saturated rings. The van der Waals surface area contributed by atoms with Crippen molar-refractivity contribution in [1.82, 2.24) is 0 Å². The zero-order valence-electron chi connectivity index (χ0n) is 9.90. The van der Waals surface area contributed by atoms with Crippen LogP contribution in [0.5, 0.6) is 0 Å². The fourth-order valence-electron chi connectivity index (χ4n) is 1.50. The number of rotatable bonds is 3. The van der Waals surface area contributed by atoms with Crippen molar-refractivity contribution in [3.05, 3.63) is 64.9 Å². The fourth-order valence-corrected chi connectivity index (χ4v) is 1.72. The summed E-state index contributed by atoms with van der Waals surface area (Å²) in [5.74, 6) is -0.522. The number of benzene rings is 2. The Bertz CT molecular complexity index is 555. The summed E-state index contributed by atoms with van der Waals surface area (Å²) in [7, 11) is 0.